The molecule has 3 rings (SSSR count). The predicted molar refractivity (Wildman–Crippen MR) is 92.3 cm³/mol. The molecule has 1 fully saturated rings. The summed E-state index contributed by atoms with van der Waals surface area (Å²) in [5.41, 5.74) is 1.95. The Morgan fingerprint density at radius 2 is 2.00 bits per heavy atom. The van der Waals surface area contributed by atoms with Gasteiger partial charge in [0.1, 0.15) is 0 Å². The third-order valence-electron chi connectivity index (χ3n) is 4.37. The van der Waals surface area contributed by atoms with Gasteiger partial charge in [0, 0.05) is 12.2 Å². The van der Waals surface area contributed by atoms with Gasteiger partial charge in [-0.05, 0) is 25.5 Å². The smallest absolute Gasteiger partial charge is 0.305 e. The number of aromatic nitrogens is 1. The Morgan fingerprint density at radius 3 is 2.60 bits per heavy atom. The van der Waals surface area contributed by atoms with Crippen molar-refractivity contribution in [3.05, 3.63) is 53.7 Å². The number of carboxylic acid groups (broad SMARTS) is 1. The Labute approximate surface area is 145 Å². The molecule has 6 nitrogen and oxygen atoms in total. The molecule has 1 aliphatic rings. The fraction of sp³-hybridized carbons (Fsp3) is 0.316. The number of hydrogen-bond donors (Lipinski definition) is 2. The normalized spacial score (nSPS) is 19.6. The summed E-state index contributed by atoms with van der Waals surface area (Å²) in [5, 5.41) is 12.0. The zero-order chi connectivity index (χ0) is 17.9. The lowest BCUT2D eigenvalue weighted by atomic mass is 9.93. The van der Waals surface area contributed by atoms with Crippen molar-refractivity contribution < 1.29 is 19.4 Å². The number of amides is 1. The second-order valence-corrected chi connectivity index (χ2v) is 6.30. The fourth-order valence-corrected chi connectivity index (χ4v) is 3.06. The van der Waals surface area contributed by atoms with E-state index in [-0.39, 0.29) is 18.9 Å². The van der Waals surface area contributed by atoms with E-state index in [1.807, 2.05) is 30.3 Å². The largest absolute Gasteiger partial charge is 0.481 e. The first kappa shape index (κ1) is 17.1. The van der Waals surface area contributed by atoms with Crippen molar-refractivity contribution in [1.82, 2.24) is 10.3 Å². The summed E-state index contributed by atoms with van der Waals surface area (Å²) in [6.45, 7) is 2.42. The summed E-state index contributed by atoms with van der Waals surface area (Å²) in [5.74, 6) is -1.28. The Morgan fingerprint density at radius 1 is 1.24 bits per heavy atom. The third-order valence-corrected chi connectivity index (χ3v) is 4.37. The lowest BCUT2D eigenvalue weighted by Gasteiger charge is -2.27. The molecule has 1 saturated heterocycles. The maximum atomic E-state index is 12.7. The van der Waals surface area contributed by atoms with Gasteiger partial charge in [-0.2, -0.15) is 0 Å². The van der Waals surface area contributed by atoms with E-state index >= 15 is 0 Å². The number of carboxylic acids is 1. The van der Waals surface area contributed by atoms with E-state index in [9.17, 15) is 9.59 Å². The second-order valence-electron chi connectivity index (χ2n) is 6.30. The van der Waals surface area contributed by atoms with E-state index in [0.29, 0.717) is 24.3 Å². The van der Waals surface area contributed by atoms with E-state index in [1.165, 1.54) is 0 Å². The van der Waals surface area contributed by atoms with Crippen LogP contribution >= 0.6 is 0 Å². The molecule has 1 unspecified atom stereocenters. The molecule has 0 radical (unpaired) electrons. The average molecular weight is 340 g/mol. The standard InChI is InChI=1S/C19H20N2O4/c1-13-15(7-8-16(20-13)14-5-3-2-4-6-14)18(24)21-19(11-17(22)23)9-10-25-12-19/h2-8H,9-12H2,1H3,(H,21,24)(H,22,23). The van der Waals surface area contributed by atoms with E-state index in [4.69, 9.17) is 9.84 Å². The highest BCUT2D eigenvalue weighted by molar-refractivity contribution is 5.96. The number of rotatable bonds is 5. The Balaban J connectivity index is 1.81. The van der Waals surface area contributed by atoms with E-state index in [2.05, 4.69) is 10.3 Å². The van der Waals surface area contributed by atoms with Crippen LogP contribution in [0, 0.1) is 6.92 Å². The molecule has 1 aromatic carbocycles. The van der Waals surface area contributed by atoms with E-state index in [0.717, 1.165) is 11.3 Å². The summed E-state index contributed by atoms with van der Waals surface area (Å²) in [7, 11) is 0. The highest BCUT2D eigenvalue weighted by Crippen LogP contribution is 2.24. The number of hydrogen-bond acceptors (Lipinski definition) is 4. The molecule has 1 aromatic heterocycles. The number of ether oxygens (including phenoxy) is 1. The van der Waals surface area contributed by atoms with Crippen LogP contribution in [0.2, 0.25) is 0 Å². The highest BCUT2D eigenvalue weighted by atomic mass is 16.5. The second kappa shape index (κ2) is 7.03. The van der Waals surface area contributed by atoms with Gasteiger partial charge in [-0.25, -0.2) is 0 Å². The lowest BCUT2D eigenvalue weighted by molar-refractivity contribution is -0.138. The van der Waals surface area contributed by atoms with E-state index in [1.54, 1.807) is 19.1 Å². The van der Waals surface area contributed by atoms with Crippen LogP contribution in [0.5, 0.6) is 0 Å². The summed E-state index contributed by atoms with van der Waals surface area (Å²) >= 11 is 0. The van der Waals surface area contributed by atoms with Crippen molar-refractivity contribution in [3.8, 4) is 11.3 Å². The van der Waals surface area contributed by atoms with Gasteiger partial charge in [0.15, 0.2) is 0 Å². The summed E-state index contributed by atoms with van der Waals surface area (Å²) < 4.78 is 5.31. The van der Waals surface area contributed by atoms with Crippen molar-refractivity contribution in [3.63, 3.8) is 0 Å². The zero-order valence-corrected chi connectivity index (χ0v) is 14.0. The van der Waals surface area contributed by atoms with Crippen LogP contribution in [0.1, 0.15) is 28.9 Å². The molecule has 1 atom stereocenters. The fourth-order valence-electron chi connectivity index (χ4n) is 3.06. The van der Waals surface area contributed by atoms with Crippen LogP contribution in [-0.4, -0.2) is 40.7 Å². The van der Waals surface area contributed by atoms with Crippen LogP contribution in [0.3, 0.4) is 0 Å². The predicted octanol–water partition coefficient (Wildman–Crippen LogP) is 2.42. The number of nitrogens with one attached hydrogen (secondary N) is 1. The molecule has 0 spiro atoms. The van der Waals surface area contributed by atoms with Crippen molar-refractivity contribution in [2.45, 2.75) is 25.3 Å². The maximum absolute atomic E-state index is 12.7. The van der Waals surface area contributed by atoms with Crippen molar-refractivity contribution in [2.75, 3.05) is 13.2 Å². The number of pyridine rings is 1. The van der Waals surface area contributed by atoms with Gasteiger partial charge < -0.3 is 15.2 Å². The summed E-state index contributed by atoms with van der Waals surface area (Å²) in [6.07, 6.45) is 0.326. The van der Waals surface area contributed by atoms with Crippen LogP contribution in [0.25, 0.3) is 11.3 Å². The molecule has 2 N–H and O–H groups in total. The average Bonchev–Trinajstić information content (AvgIpc) is 3.02. The molecule has 0 saturated carbocycles. The number of benzene rings is 1. The number of aliphatic carboxylic acids is 1. The van der Waals surface area contributed by atoms with Crippen molar-refractivity contribution in [1.29, 1.82) is 0 Å². The number of carbonyl (C=O) groups excluding carboxylic acids is 1. The molecule has 0 aliphatic carbocycles. The van der Waals surface area contributed by atoms with E-state index < -0.39 is 11.5 Å². The van der Waals surface area contributed by atoms with Gasteiger partial charge in [0.2, 0.25) is 0 Å². The van der Waals surface area contributed by atoms with Crippen molar-refractivity contribution >= 4 is 11.9 Å². The SMILES string of the molecule is Cc1nc(-c2ccccc2)ccc1C(=O)NC1(CC(=O)O)CCOC1. The lowest BCUT2D eigenvalue weighted by Crippen LogP contribution is -2.50. The first-order valence-corrected chi connectivity index (χ1v) is 8.14. The first-order chi connectivity index (χ1) is 12.0. The van der Waals surface area contributed by atoms with Crippen LogP contribution in [0.4, 0.5) is 0 Å². The molecule has 6 heteroatoms. The molecule has 25 heavy (non-hydrogen) atoms. The van der Waals surface area contributed by atoms with Gasteiger partial charge in [-0.3, -0.25) is 14.6 Å². The summed E-state index contributed by atoms with van der Waals surface area (Å²) in [6, 6.07) is 13.2. The monoisotopic (exact) mass is 340 g/mol. The number of nitrogens with zero attached hydrogens (tertiary/aromatic N) is 1. The van der Waals surface area contributed by atoms with Gasteiger partial charge in [-0.15, -0.1) is 0 Å². The molecule has 0 bridgehead atoms. The van der Waals surface area contributed by atoms with Crippen molar-refractivity contribution in [2.24, 2.45) is 0 Å². The quantitative estimate of drug-likeness (QED) is 0.873. The van der Waals surface area contributed by atoms with Crippen LogP contribution in [0.15, 0.2) is 42.5 Å². The minimum absolute atomic E-state index is 0.159. The van der Waals surface area contributed by atoms with Crippen LogP contribution < -0.4 is 5.32 Å². The molecule has 130 valence electrons. The number of carbonyl (C=O) groups is 2. The van der Waals surface area contributed by atoms with Crippen LogP contribution in [-0.2, 0) is 9.53 Å². The minimum Gasteiger partial charge on any atom is -0.481 e. The Hall–Kier alpha value is -2.73. The highest BCUT2D eigenvalue weighted by Gasteiger charge is 2.39. The van der Waals surface area contributed by atoms with Gasteiger partial charge in [-0.1, -0.05) is 30.3 Å². The molecule has 2 heterocycles. The molecule has 1 amide bonds. The topological polar surface area (TPSA) is 88.5 Å². The minimum atomic E-state index is -0.958. The van der Waals surface area contributed by atoms with Gasteiger partial charge >= 0.3 is 5.97 Å². The maximum Gasteiger partial charge on any atom is 0.305 e. The number of aryl methyl sites for hydroxylation is 1. The summed E-state index contributed by atoms with van der Waals surface area (Å²) in [4.78, 5) is 28.3. The molecule has 1 aliphatic heterocycles. The molecular formula is C19H20N2O4. The molecular weight excluding hydrogens is 320 g/mol. The zero-order valence-electron chi connectivity index (χ0n) is 14.0. The first-order valence-electron chi connectivity index (χ1n) is 8.14. The van der Waals surface area contributed by atoms with Gasteiger partial charge in [0.05, 0.1) is 35.5 Å². The van der Waals surface area contributed by atoms with Gasteiger partial charge in [0.25, 0.3) is 5.91 Å². The third kappa shape index (κ3) is 3.85. The Bertz CT molecular complexity index is 783. The molecule has 2 aromatic rings. The Kier molecular flexibility index (Phi) is 4.81.